The molecule has 2 unspecified atom stereocenters. The Morgan fingerprint density at radius 3 is 2.45 bits per heavy atom. The third-order valence-corrected chi connectivity index (χ3v) is 5.46. The Kier molecular flexibility index (Phi) is 4.46. The predicted octanol–water partition coefficient (Wildman–Crippen LogP) is 1.86. The molecule has 2 rings (SSSR count). The first-order chi connectivity index (χ1) is 9.29. The second-order valence-electron chi connectivity index (χ2n) is 5.57. The molecule has 1 aliphatic rings. The van der Waals surface area contributed by atoms with Crippen LogP contribution in [0.5, 0.6) is 0 Å². The minimum Gasteiger partial charge on any atom is -0.314 e. The van der Waals surface area contributed by atoms with E-state index in [9.17, 15) is 12.8 Å². The van der Waals surface area contributed by atoms with E-state index in [0.717, 1.165) is 19.4 Å². The second kappa shape index (κ2) is 5.79. The van der Waals surface area contributed by atoms with Crippen LogP contribution in [0.25, 0.3) is 0 Å². The van der Waals surface area contributed by atoms with Gasteiger partial charge in [0.2, 0.25) is 10.0 Å². The van der Waals surface area contributed by atoms with Crippen molar-refractivity contribution in [2.24, 2.45) is 0 Å². The molecule has 4 nitrogen and oxygen atoms in total. The van der Waals surface area contributed by atoms with Crippen LogP contribution in [0.3, 0.4) is 0 Å². The van der Waals surface area contributed by atoms with Crippen molar-refractivity contribution in [3.63, 3.8) is 0 Å². The Labute approximate surface area is 119 Å². The first-order valence-electron chi connectivity index (χ1n) is 6.82. The molecule has 0 spiro atoms. The van der Waals surface area contributed by atoms with Crippen LogP contribution in [0.15, 0.2) is 17.0 Å². The van der Waals surface area contributed by atoms with Gasteiger partial charge in [-0.3, -0.25) is 0 Å². The molecule has 0 radical (unpaired) electrons. The second-order valence-corrected chi connectivity index (χ2v) is 7.22. The lowest BCUT2D eigenvalue weighted by molar-refractivity contribution is 0.361. The SMILES string of the molecule is Cc1cc(F)cc(C)c1S(=O)(=O)NC1CCNC(C)C1. The van der Waals surface area contributed by atoms with Crippen LogP contribution in [-0.2, 0) is 10.0 Å². The molecular formula is C14H21FN2O2S. The molecule has 1 fully saturated rings. The summed E-state index contributed by atoms with van der Waals surface area (Å²) in [6.45, 7) is 6.08. The lowest BCUT2D eigenvalue weighted by Crippen LogP contribution is -2.46. The number of nitrogens with one attached hydrogen (secondary N) is 2. The molecule has 0 aliphatic carbocycles. The molecule has 0 saturated carbocycles. The molecule has 0 amide bonds. The van der Waals surface area contributed by atoms with Gasteiger partial charge >= 0.3 is 0 Å². The summed E-state index contributed by atoms with van der Waals surface area (Å²) >= 11 is 0. The van der Waals surface area contributed by atoms with Crippen LogP contribution in [-0.4, -0.2) is 27.0 Å². The maximum absolute atomic E-state index is 13.3. The molecule has 1 heterocycles. The van der Waals surface area contributed by atoms with Crippen molar-refractivity contribution in [2.75, 3.05) is 6.54 Å². The zero-order valence-electron chi connectivity index (χ0n) is 12.0. The molecule has 1 saturated heterocycles. The fraction of sp³-hybridized carbons (Fsp3) is 0.571. The summed E-state index contributed by atoms with van der Waals surface area (Å²) in [6.07, 6.45) is 1.53. The first-order valence-corrected chi connectivity index (χ1v) is 8.30. The van der Waals surface area contributed by atoms with Gasteiger partial charge < -0.3 is 5.32 Å². The summed E-state index contributed by atoms with van der Waals surface area (Å²) < 4.78 is 41.0. The number of aryl methyl sites for hydroxylation is 2. The van der Waals surface area contributed by atoms with Crippen LogP contribution >= 0.6 is 0 Å². The largest absolute Gasteiger partial charge is 0.314 e. The van der Waals surface area contributed by atoms with Gasteiger partial charge in [-0.15, -0.1) is 0 Å². The lowest BCUT2D eigenvalue weighted by atomic mass is 10.0. The third kappa shape index (κ3) is 3.37. The van der Waals surface area contributed by atoms with Gasteiger partial charge in [-0.1, -0.05) is 0 Å². The standard InChI is InChI=1S/C14H21FN2O2S/c1-9-6-12(15)7-10(2)14(9)20(18,19)17-13-4-5-16-11(3)8-13/h6-7,11,13,16-17H,4-5,8H2,1-3H3. The minimum atomic E-state index is -3.61. The highest BCUT2D eigenvalue weighted by atomic mass is 32.2. The molecule has 112 valence electrons. The van der Waals surface area contributed by atoms with Gasteiger partial charge in [0.25, 0.3) is 0 Å². The maximum atomic E-state index is 13.3. The summed E-state index contributed by atoms with van der Waals surface area (Å²) in [5, 5.41) is 3.28. The Morgan fingerprint density at radius 2 is 1.90 bits per heavy atom. The number of halogens is 1. The predicted molar refractivity (Wildman–Crippen MR) is 76.7 cm³/mol. The highest BCUT2D eigenvalue weighted by Crippen LogP contribution is 2.22. The summed E-state index contributed by atoms with van der Waals surface area (Å²) in [5.74, 6) is -0.408. The highest BCUT2D eigenvalue weighted by Gasteiger charge is 2.26. The first kappa shape index (κ1) is 15.4. The quantitative estimate of drug-likeness (QED) is 0.896. The lowest BCUT2D eigenvalue weighted by Gasteiger charge is -2.28. The van der Waals surface area contributed by atoms with E-state index < -0.39 is 15.8 Å². The van der Waals surface area contributed by atoms with E-state index in [1.807, 2.05) is 6.92 Å². The van der Waals surface area contributed by atoms with E-state index in [2.05, 4.69) is 10.0 Å². The average molecular weight is 300 g/mol. The summed E-state index contributed by atoms with van der Waals surface area (Å²) in [5.41, 5.74) is 0.883. The van der Waals surface area contributed by atoms with Crippen molar-refractivity contribution in [1.29, 1.82) is 0 Å². The van der Waals surface area contributed by atoms with E-state index in [0.29, 0.717) is 17.2 Å². The molecule has 0 aromatic heterocycles. The van der Waals surface area contributed by atoms with Gasteiger partial charge in [0.15, 0.2) is 0 Å². The summed E-state index contributed by atoms with van der Waals surface area (Å²) in [6, 6.07) is 2.74. The third-order valence-electron chi connectivity index (χ3n) is 3.64. The van der Waals surface area contributed by atoms with Crippen molar-refractivity contribution in [2.45, 2.75) is 50.6 Å². The normalized spacial score (nSPS) is 23.8. The molecule has 6 heteroatoms. The van der Waals surface area contributed by atoms with Gasteiger partial charge in [-0.25, -0.2) is 17.5 Å². The van der Waals surface area contributed by atoms with Crippen LogP contribution in [0.1, 0.15) is 30.9 Å². The van der Waals surface area contributed by atoms with Crippen LogP contribution in [0.2, 0.25) is 0 Å². The molecule has 0 bridgehead atoms. The number of benzene rings is 1. The molecule has 2 N–H and O–H groups in total. The Hall–Kier alpha value is -0.980. The fourth-order valence-electron chi connectivity index (χ4n) is 2.84. The van der Waals surface area contributed by atoms with Crippen molar-refractivity contribution in [3.05, 3.63) is 29.1 Å². The number of hydrogen-bond donors (Lipinski definition) is 2. The minimum absolute atomic E-state index is 0.0693. The van der Waals surface area contributed by atoms with E-state index in [-0.39, 0.29) is 10.9 Å². The Morgan fingerprint density at radius 1 is 1.30 bits per heavy atom. The Bertz CT molecular complexity index is 578. The zero-order chi connectivity index (χ0) is 14.9. The molecular weight excluding hydrogens is 279 g/mol. The van der Waals surface area contributed by atoms with Gasteiger partial charge in [-0.2, -0.15) is 0 Å². The van der Waals surface area contributed by atoms with Crippen LogP contribution in [0, 0.1) is 19.7 Å². The van der Waals surface area contributed by atoms with Crippen molar-refractivity contribution in [3.8, 4) is 0 Å². The van der Waals surface area contributed by atoms with E-state index >= 15 is 0 Å². The Balaban J connectivity index is 2.27. The van der Waals surface area contributed by atoms with Crippen molar-refractivity contribution < 1.29 is 12.8 Å². The van der Waals surface area contributed by atoms with Crippen molar-refractivity contribution >= 4 is 10.0 Å². The van der Waals surface area contributed by atoms with Gasteiger partial charge in [-0.05, 0) is 63.4 Å². The smallest absolute Gasteiger partial charge is 0.241 e. The number of rotatable bonds is 3. The van der Waals surface area contributed by atoms with Crippen molar-refractivity contribution in [1.82, 2.24) is 10.0 Å². The maximum Gasteiger partial charge on any atom is 0.241 e. The fourth-order valence-corrected chi connectivity index (χ4v) is 4.57. The number of sulfonamides is 1. The zero-order valence-corrected chi connectivity index (χ0v) is 12.8. The topological polar surface area (TPSA) is 58.2 Å². The van der Waals surface area contributed by atoms with E-state index in [4.69, 9.17) is 0 Å². The molecule has 2 atom stereocenters. The van der Waals surface area contributed by atoms with E-state index in [1.54, 1.807) is 13.8 Å². The molecule has 1 aliphatic heterocycles. The molecule has 1 aromatic rings. The van der Waals surface area contributed by atoms with Gasteiger partial charge in [0, 0.05) is 12.1 Å². The van der Waals surface area contributed by atoms with E-state index in [1.165, 1.54) is 12.1 Å². The average Bonchev–Trinajstić information content (AvgIpc) is 2.25. The monoisotopic (exact) mass is 300 g/mol. The number of hydrogen-bond acceptors (Lipinski definition) is 3. The van der Waals surface area contributed by atoms with Gasteiger partial charge in [0.05, 0.1) is 4.90 Å². The number of piperidine rings is 1. The van der Waals surface area contributed by atoms with Crippen LogP contribution in [0.4, 0.5) is 4.39 Å². The molecule has 1 aromatic carbocycles. The van der Waals surface area contributed by atoms with Crippen LogP contribution < -0.4 is 10.0 Å². The van der Waals surface area contributed by atoms with Gasteiger partial charge in [0.1, 0.15) is 5.82 Å². The highest BCUT2D eigenvalue weighted by molar-refractivity contribution is 7.89. The summed E-state index contributed by atoms with van der Waals surface area (Å²) in [7, 11) is -3.61. The summed E-state index contributed by atoms with van der Waals surface area (Å²) in [4.78, 5) is 0.199. The molecule has 20 heavy (non-hydrogen) atoms.